The fourth-order valence-electron chi connectivity index (χ4n) is 1.68. The van der Waals surface area contributed by atoms with Crippen LogP contribution in [0.1, 0.15) is 18.2 Å². The van der Waals surface area contributed by atoms with Crippen molar-refractivity contribution in [2.45, 2.75) is 20.3 Å². The lowest BCUT2D eigenvalue weighted by Crippen LogP contribution is -2.04. The topological polar surface area (TPSA) is 51.8 Å². The van der Waals surface area contributed by atoms with E-state index in [2.05, 4.69) is 9.97 Å². The van der Waals surface area contributed by atoms with E-state index < -0.39 is 0 Å². The van der Waals surface area contributed by atoms with Crippen molar-refractivity contribution in [3.63, 3.8) is 0 Å². The van der Waals surface area contributed by atoms with E-state index in [1.54, 1.807) is 12.1 Å². The molecule has 0 aliphatic heterocycles. The molecule has 88 valence electrons. The molecule has 0 amide bonds. The first-order chi connectivity index (χ1) is 8.11. The van der Waals surface area contributed by atoms with Crippen LogP contribution in [0.4, 0.5) is 10.2 Å². The number of aromatic nitrogens is 2. The quantitative estimate of drug-likeness (QED) is 0.864. The zero-order valence-electron chi connectivity index (χ0n) is 9.87. The molecule has 0 saturated heterocycles. The van der Waals surface area contributed by atoms with Crippen LogP contribution >= 0.6 is 0 Å². The number of nitrogens with zero attached hydrogens (tertiary/aromatic N) is 2. The van der Waals surface area contributed by atoms with Crippen LogP contribution in [0.15, 0.2) is 24.3 Å². The predicted octanol–water partition coefficient (Wildman–Crippen LogP) is 2.74. The SMILES string of the molecule is CCc1nc(-c2cccc(F)c2)nc(N)c1C. The Bertz CT molecular complexity index is 552. The maximum atomic E-state index is 13.1. The molecule has 0 spiro atoms. The van der Waals surface area contributed by atoms with Crippen molar-refractivity contribution in [2.75, 3.05) is 5.73 Å². The molecule has 0 saturated carbocycles. The van der Waals surface area contributed by atoms with Gasteiger partial charge in [0, 0.05) is 16.8 Å². The number of nitrogen functional groups attached to an aromatic ring is 1. The van der Waals surface area contributed by atoms with Crippen molar-refractivity contribution in [1.82, 2.24) is 9.97 Å². The molecule has 1 aromatic carbocycles. The second-order valence-electron chi connectivity index (χ2n) is 3.87. The van der Waals surface area contributed by atoms with Crippen LogP contribution in [0.5, 0.6) is 0 Å². The molecule has 4 heteroatoms. The van der Waals surface area contributed by atoms with Gasteiger partial charge in [-0.1, -0.05) is 19.1 Å². The van der Waals surface area contributed by atoms with Crippen molar-refractivity contribution in [3.05, 3.63) is 41.3 Å². The summed E-state index contributed by atoms with van der Waals surface area (Å²) in [6, 6.07) is 6.20. The molecule has 3 nitrogen and oxygen atoms in total. The summed E-state index contributed by atoms with van der Waals surface area (Å²) in [5.74, 6) is 0.629. The van der Waals surface area contributed by atoms with Gasteiger partial charge in [-0.05, 0) is 25.5 Å². The molecule has 2 aromatic rings. The molecular formula is C13H14FN3. The summed E-state index contributed by atoms with van der Waals surface area (Å²) >= 11 is 0. The molecule has 0 bridgehead atoms. The third-order valence-electron chi connectivity index (χ3n) is 2.70. The number of nitrogens with two attached hydrogens (primary N) is 1. The highest BCUT2D eigenvalue weighted by Gasteiger charge is 2.09. The minimum Gasteiger partial charge on any atom is -0.383 e. The smallest absolute Gasteiger partial charge is 0.161 e. The van der Waals surface area contributed by atoms with Gasteiger partial charge >= 0.3 is 0 Å². The van der Waals surface area contributed by atoms with E-state index in [1.165, 1.54) is 12.1 Å². The summed E-state index contributed by atoms with van der Waals surface area (Å²) in [7, 11) is 0. The lowest BCUT2D eigenvalue weighted by Gasteiger charge is -2.08. The molecule has 0 atom stereocenters. The fourth-order valence-corrected chi connectivity index (χ4v) is 1.68. The van der Waals surface area contributed by atoms with Crippen molar-refractivity contribution >= 4 is 5.82 Å². The zero-order chi connectivity index (χ0) is 12.4. The second-order valence-corrected chi connectivity index (χ2v) is 3.87. The van der Waals surface area contributed by atoms with E-state index in [-0.39, 0.29) is 5.82 Å². The highest BCUT2D eigenvalue weighted by Crippen LogP contribution is 2.21. The van der Waals surface area contributed by atoms with Crippen LogP contribution in [-0.4, -0.2) is 9.97 Å². The van der Waals surface area contributed by atoms with Gasteiger partial charge in [0.05, 0.1) is 0 Å². The zero-order valence-corrected chi connectivity index (χ0v) is 9.87. The van der Waals surface area contributed by atoms with E-state index in [9.17, 15) is 4.39 Å². The normalized spacial score (nSPS) is 10.5. The Morgan fingerprint density at radius 2 is 2.06 bits per heavy atom. The summed E-state index contributed by atoms with van der Waals surface area (Å²) < 4.78 is 13.1. The van der Waals surface area contributed by atoms with E-state index in [0.29, 0.717) is 17.2 Å². The molecule has 2 N–H and O–H groups in total. The third-order valence-corrected chi connectivity index (χ3v) is 2.70. The lowest BCUT2D eigenvalue weighted by atomic mass is 10.1. The van der Waals surface area contributed by atoms with Crippen LogP contribution in [0, 0.1) is 12.7 Å². The van der Waals surface area contributed by atoms with Crippen LogP contribution in [-0.2, 0) is 6.42 Å². The van der Waals surface area contributed by atoms with Gasteiger partial charge < -0.3 is 5.73 Å². The minimum atomic E-state index is -0.303. The van der Waals surface area contributed by atoms with E-state index in [0.717, 1.165) is 17.7 Å². The van der Waals surface area contributed by atoms with E-state index in [1.807, 2.05) is 13.8 Å². The highest BCUT2D eigenvalue weighted by atomic mass is 19.1. The summed E-state index contributed by atoms with van der Waals surface area (Å²) in [5.41, 5.74) is 8.27. The van der Waals surface area contributed by atoms with Gasteiger partial charge in [-0.15, -0.1) is 0 Å². The van der Waals surface area contributed by atoms with Gasteiger partial charge in [-0.25, -0.2) is 14.4 Å². The molecule has 0 aliphatic carbocycles. The first-order valence-electron chi connectivity index (χ1n) is 5.50. The van der Waals surface area contributed by atoms with Gasteiger partial charge in [0.1, 0.15) is 11.6 Å². The molecule has 0 fully saturated rings. The van der Waals surface area contributed by atoms with Crippen LogP contribution < -0.4 is 5.73 Å². The molecule has 0 radical (unpaired) electrons. The maximum absolute atomic E-state index is 13.1. The Balaban J connectivity index is 2.56. The van der Waals surface area contributed by atoms with Gasteiger partial charge in [-0.3, -0.25) is 0 Å². The number of anilines is 1. The standard InChI is InChI=1S/C13H14FN3/c1-3-11-8(2)12(15)17-13(16-11)9-5-4-6-10(14)7-9/h4-7H,3H2,1-2H3,(H2,15,16,17). The Kier molecular flexibility index (Phi) is 3.04. The fraction of sp³-hybridized carbons (Fsp3) is 0.231. The molecule has 1 aromatic heterocycles. The van der Waals surface area contributed by atoms with Crippen molar-refractivity contribution in [2.24, 2.45) is 0 Å². The Hall–Kier alpha value is -1.97. The third kappa shape index (κ3) is 2.25. The molecule has 17 heavy (non-hydrogen) atoms. The average molecular weight is 231 g/mol. The molecular weight excluding hydrogens is 217 g/mol. The van der Waals surface area contributed by atoms with Crippen LogP contribution in [0.25, 0.3) is 11.4 Å². The minimum absolute atomic E-state index is 0.303. The van der Waals surface area contributed by atoms with E-state index in [4.69, 9.17) is 5.73 Å². The Morgan fingerprint density at radius 1 is 1.29 bits per heavy atom. The average Bonchev–Trinajstić information content (AvgIpc) is 2.32. The summed E-state index contributed by atoms with van der Waals surface area (Å²) in [6.45, 7) is 3.90. The maximum Gasteiger partial charge on any atom is 0.161 e. The molecule has 0 unspecified atom stereocenters. The monoisotopic (exact) mass is 231 g/mol. The first-order valence-corrected chi connectivity index (χ1v) is 5.50. The Labute approximate surface area is 99.5 Å². The summed E-state index contributed by atoms with van der Waals surface area (Å²) in [4.78, 5) is 8.60. The van der Waals surface area contributed by atoms with Gasteiger partial charge in [0.2, 0.25) is 0 Å². The van der Waals surface area contributed by atoms with Crippen molar-refractivity contribution < 1.29 is 4.39 Å². The second kappa shape index (κ2) is 4.49. The summed E-state index contributed by atoms with van der Waals surface area (Å²) in [6.07, 6.45) is 0.779. The number of aryl methyl sites for hydroxylation is 1. The first kappa shape index (κ1) is 11.5. The van der Waals surface area contributed by atoms with Crippen LogP contribution in [0.3, 0.4) is 0 Å². The molecule has 1 heterocycles. The molecule has 2 rings (SSSR count). The van der Waals surface area contributed by atoms with Gasteiger partial charge in [0.25, 0.3) is 0 Å². The van der Waals surface area contributed by atoms with Crippen LogP contribution in [0.2, 0.25) is 0 Å². The molecule has 0 aliphatic rings. The number of rotatable bonds is 2. The summed E-state index contributed by atoms with van der Waals surface area (Å²) in [5, 5.41) is 0. The van der Waals surface area contributed by atoms with Crippen molar-refractivity contribution in [1.29, 1.82) is 0 Å². The van der Waals surface area contributed by atoms with Crippen molar-refractivity contribution in [3.8, 4) is 11.4 Å². The largest absolute Gasteiger partial charge is 0.383 e. The highest BCUT2D eigenvalue weighted by molar-refractivity contribution is 5.58. The number of hydrogen-bond acceptors (Lipinski definition) is 3. The number of benzene rings is 1. The Morgan fingerprint density at radius 3 is 2.71 bits per heavy atom. The van der Waals surface area contributed by atoms with Gasteiger partial charge in [0.15, 0.2) is 5.82 Å². The van der Waals surface area contributed by atoms with E-state index >= 15 is 0 Å². The lowest BCUT2D eigenvalue weighted by molar-refractivity contribution is 0.628. The number of hydrogen-bond donors (Lipinski definition) is 1. The predicted molar refractivity (Wildman–Crippen MR) is 66.0 cm³/mol. The number of halogens is 1. The van der Waals surface area contributed by atoms with Gasteiger partial charge in [-0.2, -0.15) is 0 Å².